The summed E-state index contributed by atoms with van der Waals surface area (Å²) in [6.45, 7) is 32.8. The van der Waals surface area contributed by atoms with Crippen molar-refractivity contribution in [3.05, 3.63) is 296 Å². The maximum atomic E-state index is 16.0. The molecule has 4 saturated carbocycles. The fraction of sp³-hybridized carbons (Fsp3) is 0.402. The Morgan fingerprint density at radius 3 is 1.47 bits per heavy atom. The summed E-state index contributed by atoms with van der Waals surface area (Å²) in [6, 6.07) is 29.7. The number of aromatic nitrogens is 28. The van der Waals surface area contributed by atoms with Crippen molar-refractivity contribution in [2.45, 2.75) is 252 Å². The van der Waals surface area contributed by atoms with E-state index < -0.39 is 33.5 Å². The standard InChI is InChI=1S/C29H35N7O3.C28H32FN7O.2C25H30N10O2/c1-18-9-23(13-24-12-21(4)34-35-24)32-25(10-18)28(38)16-29(17-28,39-5)27(37)31-20(3)11-22-7-6-8-26(33-22)36-15-19(2)14-30-36;1-17-8-22(32-24(9-17)33-25-11-20(4)34-35-25)28(29)15-27(5,16-28)23(37)10-19(3)21-6-7-26(30-13-21)36-14-18(2)12-31-36;1-14-10-28-35(13-14)22-12-26-20(11-27-22)17(4)30-23(36)25(37-5)8-18(9-25)19-6-15(2)29-24(31-19)32-21-7-16(3)33-34-21;1-14-11-27-35(13-14)21-7-6-18(12-26-21)16(3)28-23(36)25(37-5)9-19(10-25)22-29-17(4)30-24(32-22)31-20-8-15(2)33-34-20/h6-10,12,14-15,20,38H,11,13,16-17H2,1-5H3,(H,31,37)(H,34,35);6-9,11-14,19H,10,15-16H2,1-5H3,(H2,32,33,34,35);6-7,10-13,17-18H,8-9H2,1-5H3,(H,30,36)(H2,29,31,32,33,34);6-8,11-13,16,19H,9-10H2,1-5H3,(H,28,36)(H2,29,30,31,32,33,34)/t20-,28?,29?;19-,27?,28?;17-,18?,25?;16-,19?,25?/m0100/s1. The van der Waals surface area contributed by atoms with E-state index in [9.17, 15) is 24.3 Å². The average molecular weight is 2040 g/mol. The minimum absolute atomic E-state index is 0.0231. The molecule has 16 aromatic heterocycles. The number of aliphatic hydroxyl groups is 1. The second-order valence-electron chi connectivity index (χ2n) is 40.8. The summed E-state index contributed by atoms with van der Waals surface area (Å²) in [7, 11) is 4.64. The third-order valence-electron chi connectivity index (χ3n) is 27.6. The number of halogens is 1. The number of ether oxygens (including phenoxy) is 3. The van der Waals surface area contributed by atoms with Gasteiger partial charge in [0.1, 0.15) is 40.1 Å². The number of nitrogens with one attached hydrogen (secondary N) is 10. The van der Waals surface area contributed by atoms with Crippen LogP contribution in [0.3, 0.4) is 0 Å². The van der Waals surface area contributed by atoms with E-state index >= 15 is 4.39 Å². The maximum absolute atomic E-state index is 16.0. The molecule has 20 rings (SSSR count). The Balaban J connectivity index is 0.000000136. The third kappa shape index (κ3) is 24.3. The summed E-state index contributed by atoms with van der Waals surface area (Å²) >= 11 is 0. The highest BCUT2D eigenvalue weighted by Gasteiger charge is 2.62. The zero-order valence-corrected chi connectivity index (χ0v) is 87.8. The molecule has 4 atom stereocenters. The summed E-state index contributed by atoms with van der Waals surface area (Å²) in [6.07, 6.45) is 25.5. The molecular formula is C107H127FN34O8. The van der Waals surface area contributed by atoms with Crippen molar-refractivity contribution in [2.24, 2.45) is 5.41 Å². The molecule has 4 aliphatic carbocycles. The number of aryl methyl sites for hydroxylation is 12. The van der Waals surface area contributed by atoms with Gasteiger partial charge >= 0.3 is 0 Å². The minimum atomic E-state index is -1.64. The van der Waals surface area contributed by atoms with Crippen LogP contribution in [-0.2, 0) is 57.5 Å². The molecule has 0 bridgehead atoms. The molecule has 43 heteroatoms. The number of methoxy groups -OCH3 is 3. The summed E-state index contributed by atoms with van der Waals surface area (Å²) < 4.78 is 40.0. The molecule has 0 unspecified atom stereocenters. The van der Waals surface area contributed by atoms with Crippen molar-refractivity contribution in [1.82, 2.24) is 156 Å². The highest BCUT2D eigenvalue weighted by Crippen LogP contribution is 2.58. The number of pyridine rings is 5. The molecule has 42 nitrogen and oxygen atoms in total. The summed E-state index contributed by atoms with van der Waals surface area (Å²) in [5, 5.41) is 75.5. The summed E-state index contributed by atoms with van der Waals surface area (Å²) in [4.78, 5) is 108. The lowest BCUT2D eigenvalue weighted by molar-refractivity contribution is -0.206. The molecule has 4 aliphatic rings. The normalized spacial score (nSPS) is 20.7. The lowest BCUT2D eigenvalue weighted by atomic mass is 9.57. The topological polar surface area (TPSA) is 529 Å². The summed E-state index contributed by atoms with van der Waals surface area (Å²) in [5.41, 5.74) is 10.9. The molecule has 0 saturated heterocycles. The third-order valence-corrected chi connectivity index (χ3v) is 27.6. The van der Waals surface area contributed by atoms with E-state index in [1.165, 1.54) is 7.11 Å². The van der Waals surface area contributed by atoms with Crippen molar-refractivity contribution < 1.29 is 42.9 Å². The van der Waals surface area contributed by atoms with Gasteiger partial charge in [0.05, 0.1) is 72.0 Å². The number of H-pyrrole nitrogens is 4. The number of hydrogen-bond donors (Lipinski definition) is 11. The fourth-order valence-electron chi connectivity index (χ4n) is 19.3. The molecule has 0 radical (unpaired) electrons. The Bertz CT molecular complexity index is 7260. The van der Waals surface area contributed by atoms with Gasteiger partial charge in [-0.25, -0.2) is 63.0 Å². The smallest absolute Gasteiger partial charge is 0.252 e. The van der Waals surface area contributed by atoms with Gasteiger partial charge in [0.25, 0.3) is 17.7 Å². The molecule has 16 heterocycles. The van der Waals surface area contributed by atoms with Crippen molar-refractivity contribution in [1.29, 1.82) is 0 Å². The molecule has 4 fully saturated rings. The van der Waals surface area contributed by atoms with Gasteiger partial charge in [-0.2, -0.15) is 50.8 Å². The van der Waals surface area contributed by atoms with Crippen molar-refractivity contribution in [3.63, 3.8) is 0 Å². The lowest BCUT2D eigenvalue weighted by Gasteiger charge is -2.50. The van der Waals surface area contributed by atoms with Gasteiger partial charge in [0, 0.05) is 178 Å². The van der Waals surface area contributed by atoms with E-state index in [0.717, 1.165) is 113 Å². The van der Waals surface area contributed by atoms with E-state index in [0.29, 0.717) is 115 Å². The van der Waals surface area contributed by atoms with Gasteiger partial charge in [-0.15, -0.1) is 0 Å². The maximum Gasteiger partial charge on any atom is 0.252 e. The zero-order chi connectivity index (χ0) is 106. The largest absolute Gasteiger partial charge is 0.383 e. The molecule has 16 aromatic rings. The number of anilines is 6. The monoisotopic (exact) mass is 2040 g/mol. The van der Waals surface area contributed by atoms with Gasteiger partial charge in [0.15, 0.2) is 52.0 Å². The number of carbonyl (C=O) groups is 4. The van der Waals surface area contributed by atoms with Crippen molar-refractivity contribution in [3.8, 4) is 23.3 Å². The molecule has 0 aliphatic heterocycles. The Hall–Kier alpha value is -16.2. The van der Waals surface area contributed by atoms with E-state index in [1.807, 2.05) is 233 Å². The number of amides is 3. The number of nitrogens with zero attached hydrogens (tertiary/aromatic N) is 24. The Morgan fingerprint density at radius 2 is 0.947 bits per heavy atom. The first kappa shape index (κ1) is 105. The van der Waals surface area contributed by atoms with Crippen LogP contribution in [0.1, 0.15) is 247 Å². The minimum Gasteiger partial charge on any atom is -0.383 e. The molecule has 3 amide bonds. The number of carbonyl (C=O) groups excluding carboxylic acids is 4. The number of Topliss-reactive ketones (excluding diaryl/α,β-unsaturated/α-hetero) is 1. The van der Waals surface area contributed by atoms with Crippen LogP contribution in [0.2, 0.25) is 0 Å². The van der Waals surface area contributed by atoms with Crippen LogP contribution in [0.5, 0.6) is 0 Å². The van der Waals surface area contributed by atoms with Gasteiger partial charge in [-0.3, -0.25) is 49.5 Å². The highest BCUT2D eigenvalue weighted by atomic mass is 19.1. The van der Waals surface area contributed by atoms with Crippen molar-refractivity contribution >= 4 is 58.7 Å². The summed E-state index contributed by atoms with van der Waals surface area (Å²) in [5.74, 6) is 6.84. The molecule has 780 valence electrons. The molecular weight excluding hydrogens is 1910 g/mol. The van der Waals surface area contributed by atoms with Crippen LogP contribution in [0.4, 0.5) is 39.6 Å². The van der Waals surface area contributed by atoms with E-state index in [2.05, 4.69) is 143 Å². The number of ketones is 1. The number of rotatable bonds is 33. The predicted octanol–water partition coefficient (Wildman–Crippen LogP) is 14.8. The first-order valence-corrected chi connectivity index (χ1v) is 49.8. The Kier molecular flexibility index (Phi) is 30.7. The molecule has 150 heavy (non-hydrogen) atoms. The van der Waals surface area contributed by atoms with Crippen molar-refractivity contribution in [2.75, 3.05) is 37.3 Å². The average Bonchev–Trinajstić information content (AvgIpc) is 0.911. The van der Waals surface area contributed by atoms with Gasteiger partial charge in [-0.1, -0.05) is 32.0 Å². The van der Waals surface area contributed by atoms with Gasteiger partial charge in [0.2, 0.25) is 11.9 Å². The molecule has 11 N–H and O–H groups in total. The SMILES string of the molecule is COC1(C(=O)N[C@@H](C)Cc2cccc(-n3cc(C)cn3)n2)CC(O)(c2cc(C)cc(Cc3cc(C)[nH]n3)n2)C1.COC1(C(=O)N[C@@H](C)c2ccc(-n3cc(C)cn3)nc2)CC(c2nc(C)nc(Nc3cc(C)[nH]n3)n2)C1.COC1(C(=O)N[C@@H](C)c2cnc(-n3cc(C)cn3)cn2)CC(c2cc(C)nc(Nc3cc(C)[nH]n3)n2)C1.Cc1cc(Nc2cc(C)[nH]n2)nc(C2(F)CC(C)(C(=O)C[C@@H](C)c3ccc(-n4cc(C)cn4)nc3)C2)c1. The quantitative estimate of drug-likeness (QED) is 0.0182. The number of aromatic amines is 4. The van der Waals surface area contributed by atoms with E-state index in [-0.39, 0.29) is 85.1 Å². The molecule has 0 spiro atoms. The van der Waals surface area contributed by atoms with Crippen LogP contribution in [0.25, 0.3) is 23.3 Å². The Labute approximate surface area is 866 Å². The second-order valence-corrected chi connectivity index (χ2v) is 40.8. The van der Waals surface area contributed by atoms with Gasteiger partial charge in [-0.05, 0) is 253 Å². The van der Waals surface area contributed by atoms with Crippen LogP contribution >= 0.6 is 0 Å². The highest BCUT2D eigenvalue weighted by molar-refractivity contribution is 5.89. The lowest BCUT2D eigenvalue weighted by Crippen LogP contribution is -2.64. The number of alkyl halides is 1. The van der Waals surface area contributed by atoms with Crippen LogP contribution in [0, 0.1) is 88.5 Å². The zero-order valence-electron chi connectivity index (χ0n) is 87.8. The first-order chi connectivity index (χ1) is 71.6. The first-order valence-electron chi connectivity index (χ1n) is 49.8. The predicted molar refractivity (Wildman–Crippen MR) is 556 cm³/mol. The van der Waals surface area contributed by atoms with E-state index in [4.69, 9.17) is 24.2 Å². The Morgan fingerprint density at radius 1 is 0.440 bits per heavy atom. The second kappa shape index (κ2) is 43.7. The molecule has 0 aromatic carbocycles. The van der Waals surface area contributed by atoms with Crippen LogP contribution in [0.15, 0.2) is 171 Å². The fourth-order valence-corrected chi connectivity index (χ4v) is 19.3. The van der Waals surface area contributed by atoms with Gasteiger partial charge < -0.3 is 51.2 Å². The number of hydrogen-bond acceptors (Lipinski definition) is 31. The van der Waals surface area contributed by atoms with Crippen LogP contribution in [-0.4, -0.2) is 213 Å². The van der Waals surface area contributed by atoms with Crippen LogP contribution < -0.4 is 31.9 Å². The van der Waals surface area contributed by atoms with E-state index in [1.54, 1.807) is 88.6 Å².